The minimum atomic E-state index is -0.112. The van der Waals surface area contributed by atoms with Gasteiger partial charge in [-0.2, -0.15) is 0 Å². The number of piperidine rings is 1. The third-order valence-electron chi connectivity index (χ3n) is 5.72. The summed E-state index contributed by atoms with van der Waals surface area (Å²) in [6, 6.07) is 11.8. The molecule has 1 aliphatic rings. The van der Waals surface area contributed by atoms with Gasteiger partial charge in [-0.3, -0.25) is 14.7 Å². The molecular formula is C24H33N3O4. The second-order valence-electron chi connectivity index (χ2n) is 7.87. The molecule has 0 saturated carbocycles. The van der Waals surface area contributed by atoms with Crippen molar-refractivity contribution in [1.82, 2.24) is 15.2 Å². The number of hydrogen-bond donors (Lipinski definition) is 1. The molecule has 1 aromatic heterocycles. The highest BCUT2D eigenvalue weighted by atomic mass is 16.5. The molecule has 0 spiro atoms. The summed E-state index contributed by atoms with van der Waals surface area (Å²) in [6.45, 7) is 3.15. The number of hydrogen-bond acceptors (Lipinski definition) is 6. The van der Waals surface area contributed by atoms with Crippen LogP contribution >= 0.6 is 0 Å². The Labute approximate surface area is 184 Å². The lowest BCUT2D eigenvalue weighted by Crippen LogP contribution is -2.43. The maximum atomic E-state index is 12.5. The van der Waals surface area contributed by atoms with Crippen LogP contribution in [0.25, 0.3) is 0 Å². The second-order valence-corrected chi connectivity index (χ2v) is 7.87. The van der Waals surface area contributed by atoms with Crippen LogP contribution in [0.15, 0.2) is 42.6 Å². The SMILES string of the molecule is COCCC(=O)N[C@@H](c1ccccn1)[C@H]1CCCN(Cc2ccc(OC)c(OC)c2)C1. The van der Waals surface area contributed by atoms with Crippen molar-refractivity contribution in [2.24, 2.45) is 5.92 Å². The Kier molecular flexibility index (Phi) is 8.67. The maximum absolute atomic E-state index is 12.5. The lowest BCUT2D eigenvalue weighted by atomic mass is 9.88. The Morgan fingerprint density at radius 1 is 1.19 bits per heavy atom. The molecule has 1 aliphatic heterocycles. The van der Waals surface area contributed by atoms with Crippen molar-refractivity contribution in [2.45, 2.75) is 31.8 Å². The Bertz CT molecular complexity index is 831. The molecule has 1 N–H and O–H groups in total. The van der Waals surface area contributed by atoms with Gasteiger partial charge < -0.3 is 19.5 Å². The molecule has 1 aromatic carbocycles. The monoisotopic (exact) mass is 427 g/mol. The van der Waals surface area contributed by atoms with Gasteiger partial charge in [-0.1, -0.05) is 12.1 Å². The van der Waals surface area contributed by atoms with Crippen LogP contribution in [-0.4, -0.2) is 56.8 Å². The summed E-state index contributed by atoms with van der Waals surface area (Å²) >= 11 is 0. The highest BCUT2D eigenvalue weighted by molar-refractivity contribution is 5.76. The molecule has 0 bridgehead atoms. The molecule has 2 atom stereocenters. The van der Waals surface area contributed by atoms with E-state index in [1.54, 1.807) is 27.5 Å². The van der Waals surface area contributed by atoms with E-state index < -0.39 is 0 Å². The molecule has 1 fully saturated rings. The predicted octanol–water partition coefficient (Wildman–Crippen LogP) is 3.20. The Morgan fingerprint density at radius 3 is 2.74 bits per heavy atom. The molecule has 31 heavy (non-hydrogen) atoms. The summed E-state index contributed by atoms with van der Waals surface area (Å²) in [5.41, 5.74) is 2.09. The van der Waals surface area contributed by atoms with Crippen molar-refractivity contribution >= 4 is 5.91 Å². The Balaban J connectivity index is 1.71. The second kappa shape index (κ2) is 11.7. The highest BCUT2D eigenvalue weighted by Crippen LogP contribution is 2.32. The third-order valence-corrected chi connectivity index (χ3v) is 5.72. The minimum Gasteiger partial charge on any atom is -0.493 e. The molecule has 3 rings (SSSR count). The lowest BCUT2D eigenvalue weighted by molar-refractivity contribution is -0.123. The predicted molar refractivity (Wildman–Crippen MR) is 119 cm³/mol. The molecule has 1 saturated heterocycles. The van der Waals surface area contributed by atoms with Crippen molar-refractivity contribution < 1.29 is 19.0 Å². The number of nitrogens with one attached hydrogen (secondary N) is 1. The van der Waals surface area contributed by atoms with Crippen molar-refractivity contribution in [3.8, 4) is 11.5 Å². The molecule has 7 heteroatoms. The number of rotatable bonds is 10. The van der Waals surface area contributed by atoms with Crippen molar-refractivity contribution in [2.75, 3.05) is 41.0 Å². The number of amides is 1. The average Bonchev–Trinajstić information content (AvgIpc) is 2.81. The lowest BCUT2D eigenvalue weighted by Gasteiger charge is -2.37. The normalized spacial score (nSPS) is 17.7. The first kappa shape index (κ1) is 23.0. The van der Waals surface area contributed by atoms with Gasteiger partial charge in [-0.25, -0.2) is 0 Å². The van der Waals surface area contributed by atoms with Gasteiger partial charge in [0, 0.05) is 32.8 Å². The summed E-state index contributed by atoms with van der Waals surface area (Å²) in [6.07, 6.45) is 4.26. The molecular weight excluding hydrogens is 394 g/mol. The number of methoxy groups -OCH3 is 3. The van der Waals surface area contributed by atoms with Gasteiger partial charge in [0.15, 0.2) is 11.5 Å². The van der Waals surface area contributed by atoms with Gasteiger partial charge in [-0.05, 0) is 55.1 Å². The van der Waals surface area contributed by atoms with Crippen LogP contribution in [0.4, 0.5) is 0 Å². The van der Waals surface area contributed by atoms with E-state index in [9.17, 15) is 4.79 Å². The number of aromatic nitrogens is 1. The number of carbonyl (C=O) groups is 1. The molecule has 1 amide bonds. The number of nitrogens with zero attached hydrogens (tertiary/aromatic N) is 2. The average molecular weight is 428 g/mol. The molecule has 0 aliphatic carbocycles. The van der Waals surface area contributed by atoms with Gasteiger partial charge in [0.25, 0.3) is 0 Å². The van der Waals surface area contributed by atoms with Crippen LogP contribution in [0.5, 0.6) is 11.5 Å². The smallest absolute Gasteiger partial charge is 0.222 e. The van der Waals surface area contributed by atoms with Gasteiger partial charge in [0.05, 0.1) is 32.6 Å². The fourth-order valence-electron chi connectivity index (χ4n) is 4.18. The van der Waals surface area contributed by atoms with Crippen LogP contribution in [-0.2, 0) is 16.1 Å². The molecule has 168 valence electrons. The van der Waals surface area contributed by atoms with Crippen LogP contribution in [0.3, 0.4) is 0 Å². The summed E-state index contributed by atoms with van der Waals surface area (Å²) in [4.78, 5) is 19.5. The number of carbonyl (C=O) groups excluding carboxylic acids is 1. The van der Waals surface area contributed by atoms with Gasteiger partial charge in [-0.15, -0.1) is 0 Å². The molecule has 0 unspecified atom stereocenters. The van der Waals surface area contributed by atoms with Gasteiger partial charge >= 0.3 is 0 Å². The van der Waals surface area contributed by atoms with Crippen LogP contribution in [0.1, 0.15) is 36.6 Å². The zero-order valence-electron chi connectivity index (χ0n) is 18.7. The van der Waals surface area contributed by atoms with E-state index in [2.05, 4.69) is 21.3 Å². The maximum Gasteiger partial charge on any atom is 0.222 e. The van der Waals surface area contributed by atoms with E-state index in [4.69, 9.17) is 14.2 Å². The number of pyridine rings is 1. The molecule has 7 nitrogen and oxygen atoms in total. The topological polar surface area (TPSA) is 72.9 Å². The fraction of sp³-hybridized carbons (Fsp3) is 0.500. The van der Waals surface area contributed by atoms with E-state index in [0.29, 0.717) is 13.0 Å². The third kappa shape index (κ3) is 6.42. The first-order valence-electron chi connectivity index (χ1n) is 10.8. The highest BCUT2D eigenvalue weighted by Gasteiger charge is 2.30. The van der Waals surface area contributed by atoms with Crippen LogP contribution < -0.4 is 14.8 Å². The largest absolute Gasteiger partial charge is 0.493 e. The zero-order chi connectivity index (χ0) is 22.1. The standard InChI is InChI=1S/C24H33N3O4/c1-29-14-11-23(28)26-24(20-8-4-5-12-25-20)19-7-6-13-27(17-19)16-18-9-10-21(30-2)22(15-18)31-3/h4-5,8-10,12,15,19,24H,6-7,11,13-14,16-17H2,1-3H3,(H,26,28)/t19-,24+/m0/s1. The van der Waals surface area contributed by atoms with E-state index in [1.807, 2.05) is 30.3 Å². The summed E-state index contributed by atoms with van der Waals surface area (Å²) in [5, 5.41) is 3.21. The molecule has 0 radical (unpaired) electrons. The molecule has 2 aromatic rings. The van der Waals surface area contributed by atoms with Crippen LogP contribution in [0, 0.1) is 5.92 Å². The summed E-state index contributed by atoms with van der Waals surface area (Å²) < 4.78 is 15.9. The van der Waals surface area contributed by atoms with Gasteiger partial charge in [0.1, 0.15) is 0 Å². The van der Waals surface area contributed by atoms with Crippen LogP contribution in [0.2, 0.25) is 0 Å². The fourth-order valence-corrected chi connectivity index (χ4v) is 4.18. The van der Waals surface area contributed by atoms with Crippen molar-refractivity contribution in [3.05, 3.63) is 53.9 Å². The zero-order valence-corrected chi connectivity index (χ0v) is 18.7. The Hall–Kier alpha value is -2.64. The summed E-state index contributed by atoms with van der Waals surface area (Å²) in [7, 11) is 4.91. The number of likely N-dealkylation sites (tertiary alicyclic amines) is 1. The summed E-state index contributed by atoms with van der Waals surface area (Å²) in [5.74, 6) is 1.76. The van der Waals surface area contributed by atoms with E-state index >= 15 is 0 Å². The van der Waals surface area contributed by atoms with Crippen molar-refractivity contribution in [3.63, 3.8) is 0 Å². The molecule has 2 heterocycles. The number of benzene rings is 1. The Morgan fingerprint density at radius 2 is 2.03 bits per heavy atom. The van der Waals surface area contributed by atoms with E-state index in [-0.39, 0.29) is 17.9 Å². The van der Waals surface area contributed by atoms with Crippen molar-refractivity contribution in [1.29, 1.82) is 0 Å². The van der Waals surface area contributed by atoms with E-state index in [1.165, 1.54) is 5.56 Å². The first-order chi connectivity index (χ1) is 15.1. The van der Waals surface area contributed by atoms with Gasteiger partial charge in [0.2, 0.25) is 5.91 Å². The number of ether oxygens (including phenoxy) is 3. The van der Waals surface area contributed by atoms with E-state index in [0.717, 1.165) is 49.7 Å². The first-order valence-corrected chi connectivity index (χ1v) is 10.8. The minimum absolute atomic E-state index is 0.00508. The quantitative estimate of drug-likeness (QED) is 0.628.